The average Bonchev–Trinajstić information content (AvgIpc) is 2.45. The lowest BCUT2D eigenvalue weighted by Crippen LogP contribution is -2.67. The number of carbonyl (C=O) groups excluding carboxylic acids is 1. The minimum atomic E-state index is -0.258. The summed E-state index contributed by atoms with van der Waals surface area (Å²) in [4.78, 5) is 17.8. The number of rotatable bonds is 4. The van der Waals surface area contributed by atoms with Gasteiger partial charge in [-0.2, -0.15) is 0 Å². The van der Waals surface area contributed by atoms with Crippen molar-refractivity contribution in [2.24, 2.45) is 0 Å². The van der Waals surface area contributed by atoms with E-state index < -0.39 is 0 Å². The van der Waals surface area contributed by atoms with Crippen molar-refractivity contribution >= 4 is 5.91 Å². The Morgan fingerprint density at radius 2 is 2.13 bits per heavy atom. The van der Waals surface area contributed by atoms with Crippen LogP contribution in [0.5, 0.6) is 0 Å². The summed E-state index contributed by atoms with van der Waals surface area (Å²) in [6, 6.07) is 10.4. The van der Waals surface area contributed by atoms with Crippen LogP contribution in [0.3, 0.4) is 0 Å². The molecule has 1 saturated heterocycles. The summed E-state index contributed by atoms with van der Waals surface area (Å²) in [5.41, 5.74) is 2.52. The molecule has 0 aliphatic carbocycles. The summed E-state index contributed by atoms with van der Waals surface area (Å²) >= 11 is 0. The first kappa shape index (κ1) is 15.6. The summed E-state index contributed by atoms with van der Waals surface area (Å²) in [5, 5.41) is 2.98. The first-order valence-corrected chi connectivity index (χ1v) is 7.65. The number of hydrogen-bond donors (Lipinski definition) is 1. The quantitative estimate of drug-likeness (QED) is 0.944. The second-order valence-corrected chi connectivity index (χ2v) is 6.45. The Kier molecular flexibility index (Phi) is 4.13. The molecule has 0 saturated carbocycles. The molecule has 1 N–H and O–H groups in total. The van der Waals surface area contributed by atoms with Crippen LogP contribution < -0.4 is 5.32 Å². The molecule has 0 unspecified atom stereocenters. The lowest BCUT2D eigenvalue weighted by Gasteiger charge is -2.48. The molecule has 1 aromatic carbocycles. The molecule has 2 heterocycles. The number of likely N-dealkylation sites (tertiary alicyclic amines) is 1. The maximum Gasteiger partial charge on any atom is 0.217 e. The van der Waals surface area contributed by atoms with Crippen molar-refractivity contribution in [2.75, 3.05) is 13.1 Å². The van der Waals surface area contributed by atoms with E-state index in [1.54, 1.807) is 13.0 Å². The molecule has 0 bridgehead atoms. The zero-order valence-corrected chi connectivity index (χ0v) is 13.3. The molecular formula is C18H20FN3O. The highest BCUT2D eigenvalue weighted by Gasteiger charge is 2.38. The highest BCUT2D eigenvalue weighted by Crippen LogP contribution is 2.23. The maximum absolute atomic E-state index is 13.3. The Labute approximate surface area is 135 Å². The third-order valence-corrected chi connectivity index (χ3v) is 3.97. The van der Waals surface area contributed by atoms with Crippen molar-refractivity contribution in [3.8, 4) is 11.3 Å². The van der Waals surface area contributed by atoms with Crippen molar-refractivity contribution in [3.63, 3.8) is 0 Å². The van der Waals surface area contributed by atoms with Crippen LogP contribution in [0.15, 0.2) is 42.6 Å². The van der Waals surface area contributed by atoms with E-state index in [2.05, 4.69) is 22.1 Å². The Hall–Kier alpha value is -2.27. The van der Waals surface area contributed by atoms with Gasteiger partial charge in [0.2, 0.25) is 5.91 Å². The molecule has 0 spiro atoms. The molecule has 2 aromatic rings. The predicted molar refractivity (Wildman–Crippen MR) is 87.1 cm³/mol. The standard InChI is InChI=1S/C18H20FN3O/c1-13(23)21-18(2)11-22(12-18)10-14-6-7-17(20-9-14)15-4-3-5-16(19)8-15/h3-9H,10-12H2,1-2H3,(H,21,23). The highest BCUT2D eigenvalue weighted by atomic mass is 19.1. The van der Waals surface area contributed by atoms with Crippen LogP contribution in [0.2, 0.25) is 0 Å². The summed E-state index contributed by atoms with van der Waals surface area (Å²) in [7, 11) is 0. The molecule has 5 heteroatoms. The smallest absolute Gasteiger partial charge is 0.217 e. The highest BCUT2D eigenvalue weighted by molar-refractivity contribution is 5.74. The molecule has 1 fully saturated rings. The number of hydrogen-bond acceptors (Lipinski definition) is 3. The number of nitrogens with zero attached hydrogens (tertiary/aromatic N) is 2. The van der Waals surface area contributed by atoms with Crippen LogP contribution in [-0.2, 0) is 11.3 Å². The van der Waals surface area contributed by atoms with Crippen LogP contribution in [0.25, 0.3) is 11.3 Å². The third kappa shape index (κ3) is 3.74. The molecule has 23 heavy (non-hydrogen) atoms. The molecule has 120 valence electrons. The third-order valence-electron chi connectivity index (χ3n) is 3.97. The molecule has 4 nitrogen and oxygen atoms in total. The van der Waals surface area contributed by atoms with Gasteiger partial charge in [-0.15, -0.1) is 0 Å². The molecule has 1 aliphatic heterocycles. The fourth-order valence-electron chi connectivity index (χ4n) is 3.15. The Bertz CT molecular complexity index is 708. The van der Waals surface area contributed by atoms with Gasteiger partial charge in [0.1, 0.15) is 5.82 Å². The fourth-order valence-corrected chi connectivity index (χ4v) is 3.15. The molecule has 1 aliphatic rings. The van der Waals surface area contributed by atoms with E-state index in [9.17, 15) is 9.18 Å². The largest absolute Gasteiger partial charge is 0.349 e. The van der Waals surface area contributed by atoms with Crippen LogP contribution >= 0.6 is 0 Å². The second-order valence-electron chi connectivity index (χ2n) is 6.45. The first-order valence-electron chi connectivity index (χ1n) is 7.65. The summed E-state index contributed by atoms with van der Waals surface area (Å²) in [6.07, 6.45) is 1.83. The average molecular weight is 313 g/mol. The van der Waals surface area contributed by atoms with E-state index in [0.29, 0.717) is 0 Å². The Morgan fingerprint density at radius 3 is 2.74 bits per heavy atom. The van der Waals surface area contributed by atoms with E-state index in [4.69, 9.17) is 0 Å². The van der Waals surface area contributed by atoms with Crippen LogP contribution in [0.4, 0.5) is 4.39 Å². The van der Waals surface area contributed by atoms with Gasteiger partial charge in [0.15, 0.2) is 0 Å². The van der Waals surface area contributed by atoms with Crippen LogP contribution in [-0.4, -0.2) is 34.4 Å². The van der Waals surface area contributed by atoms with E-state index in [-0.39, 0.29) is 17.3 Å². The van der Waals surface area contributed by atoms with E-state index >= 15 is 0 Å². The summed E-state index contributed by atoms with van der Waals surface area (Å²) < 4.78 is 13.3. The first-order chi connectivity index (χ1) is 10.9. The van der Waals surface area contributed by atoms with Crippen LogP contribution in [0, 0.1) is 5.82 Å². The van der Waals surface area contributed by atoms with Gasteiger partial charge in [-0.05, 0) is 30.7 Å². The minimum Gasteiger partial charge on any atom is -0.349 e. The van der Waals surface area contributed by atoms with Gasteiger partial charge in [-0.3, -0.25) is 14.7 Å². The minimum absolute atomic E-state index is 0.00765. The van der Waals surface area contributed by atoms with Crippen molar-refractivity contribution in [2.45, 2.75) is 25.9 Å². The zero-order chi connectivity index (χ0) is 16.4. The topological polar surface area (TPSA) is 45.2 Å². The van der Waals surface area contributed by atoms with Crippen molar-refractivity contribution in [3.05, 3.63) is 54.0 Å². The van der Waals surface area contributed by atoms with Crippen molar-refractivity contribution in [1.82, 2.24) is 15.2 Å². The number of aromatic nitrogens is 1. The van der Waals surface area contributed by atoms with Gasteiger partial charge in [-0.1, -0.05) is 18.2 Å². The van der Waals surface area contributed by atoms with E-state index in [0.717, 1.165) is 36.5 Å². The molecular weight excluding hydrogens is 293 g/mol. The molecule has 0 atom stereocenters. The number of nitrogens with one attached hydrogen (secondary N) is 1. The normalized spacial score (nSPS) is 16.7. The molecule has 1 amide bonds. The Morgan fingerprint density at radius 1 is 1.35 bits per heavy atom. The van der Waals surface area contributed by atoms with Crippen molar-refractivity contribution < 1.29 is 9.18 Å². The van der Waals surface area contributed by atoms with Gasteiger partial charge in [0.05, 0.1) is 11.2 Å². The molecule has 3 rings (SSSR count). The number of benzene rings is 1. The van der Waals surface area contributed by atoms with Gasteiger partial charge in [0, 0.05) is 38.3 Å². The predicted octanol–water partition coefficient (Wildman–Crippen LogP) is 2.60. The van der Waals surface area contributed by atoms with Gasteiger partial charge >= 0.3 is 0 Å². The zero-order valence-electron chi connectivity index (χ0n) is 13.3. The monoisotopic (exact) mass is 313 g/mol. The lowest BCUT2D eigenvalue weighted by molar-refractivity contribution is -0.123. The number of carbonyl (C=O) groups is 1. The summed E-state index contributed by atoms with van der Waals surface area (Å²) in [6.45, 7) is 6.06. The fraction of sp³-hybridized carbons (Fsp3) is 0.333. The van der Waals surface area contributed by atoms with Gasteiger partial charge in [-0.25, -0.2) is 4.39 Å². The Balaban J connectivity index is 1.60. The SMILES string of the molecule is CC(=O)NC1(C)CN(Cc2ccc(-c3cccc(F)c3)nc2)C1. The molecule has 1 aromatic heterocycles. The number of amides is 1. The van der Waals surface area contributed by atoms with Gasteiger partial charge in [0.25, 0.3) is 0 Å². The number of halogens is 1. The van der Waals surface area contributed by atoms with Gasteiger partial charge < -0.3 is 5.32 Å². The maximum atomic E-state index is 13.3. The lowest BCUT2D eigenvalue weighted by atomic mass is 9.91. The van der Waals surface area contributed by atoms with E-state index in [1.165, 1.54) is 12.1 Å². The number of pyridine rings is 1. The van der Waals surface area contributed by atoms with Crippen LogP contribution in [0.1, 0.15) is 19.4 Å². The summed E-state index contributed by atoms with van der Waals surface area (Å²) in [5.74, 6) is -0.250. The van der Waals surface area contributed by atoms with Crippen molar-refractivity contribution in [1.29, 1.82) is 0 Å². The van der Waals surface area contributed by atoms with E-state index in [1.807, 2.05) is 24.4 Å². The molecule has 0 radical (unpaired) electrons. The second kappa shape index (κ2) is 6.08.